The van der Waals surface area contributed by atoms with E-state index in [2.05, 4.69) is 0 Å². The van der Waals surface area contributed by atoms with E-state index in [1.54, 1.807) is 12.1 Å². The summed E-state index contributed by atoms with van der Waals surface area (Å²) < 4.78 is 43.5. The minimum Gasteiger partial charge on any atom is -0.393 e. The highest BCUT2D eigenvalue weighted by atomic mass is 32.2. The second kappa shape index (κ2) is 5.44. The average molecular weight is 353 g/mol. The van der Waals surface area contributed by atoms with Gasteiger partial charge in [0, 0.05) is 2.74 Å². The third-order valence-electron chi connectivity index (χ3n) is 6.50. The lowest BCUT2D eigenvalue weighted by atomic mass is 9.55. The molecule has 2 saturated carbocycles. The van der Waals surface area contributed by atoms with Gasteiger partial charge in [-0.25, -0.2) is 0 Å². The molecule has 0 amide bonds. The van der Waals surface area contributed by atoms with Gasteiger partial charge in [0.25, 0.3) is 0 Å². The van der Waals surface area contributed by atoms with Crippen LogP contribution in [0.5, 0.6) is 5.75 Å². The third kappa shape index (κ3) is 2.55. The summed E-state index contributed by atoms with van der Waals surface area (Å²) in [6.45, 7) is 2.04. The maximum atomic E-state index is 11.1. The molecule has 5 atom stereocenters. The van der Waals surface area contributed by atoms with Gasteiger partial charge in [-0.1, -0.05) is 13.0 Å². The zero-order valence-electron chi connectivity index (χ0n) is 15.7. The van der Waals surface area contributed by atoms with Crippen molar-refractivity contribution in [1.82, 2.24) is 0 Å². The Morgan fingerprint density at radius 2 is 2.17 bits per heavy atom. The summed E-state index contributed by atoms with van der Waals surface area (Å²) in [6, 6.07) is 5.32. The zero-order chi connectivity index (χ0) is 18.9. The van der Waals surface area contributed by atoms with Crippen molar-refractivity contribution in [3.05, 3.63) is 29.3 Å². The SMILES string of the molecule is [2H]C1([2H])C[C@H]2[C@@H]3CCc4cc(OS(N)(=O)=O)ccc4[C@H]3CC[C@]2(C)C1O. The highest BCUT2D eigenvalue weighted by Gasteiger charge is 2.54. The smallest absolute Gasteiger partial charge is 0.380 e. The van der Waals surface area contributed by atoms with Gasteiger partial charge in [0.1, 0.15) is 5.75 Å². The van der Waals surface area contributed by atoms with Crippen LogP contribution in [-0.2, 0) is 16.7 Å². The first-order valence-electron chi connectivity index (χ1n) is 9.54. The van der Waals surface area contributed by atoms with E-state index < -0.39 is 22.8 Å². The highest BCUT2D eigenvalue weighted by Crippen LogP contribution is 2.60. The first-order chi connectivity index (χ1) is 12.0. The molecule has 6 heteroatoms. The van der Waals surface area contributed by atoms with Crippen molar-refractivity contribution in [1.29, 1.82) is 0 Å². The molecular weight excluding hydrogens is 326 g/mol. The van der Waals surface area contributed by atoms with Crippen molar-refractivity contribution >= 4 is 10.3 Å². The molecule has 24 heavy (non-hydrogen) atoms. The van der Waals surface area contributed by atoms with E-state index in [1.807, 2.05) is 13.0 Å². The van der Waals surface area contributed by atoms with Crippen LogP contribution < -0.4 is 9.32 Å². The van der Waals surface area contributed by atoms with Crippen molar-refractivity contribution in [2.75, 3.05) is 0 Å². The van der Waals surface area contributed by atoms with Crippen LogP contribution >= 0.6 is 0 Å². The largest absolute Gasteiger partial charge is 0.393 e. The van der Waals surface area contributed by atoms with Crippen LogP contribution in [0.2, 0.25) is 0 Å². The Labute approximate surface area is 146 Å². The lowest BCUT2D eigenvalue weighted by Gasteiger charge is -2.50. The van der Waals surface area contributed by atoms with Crippen LogP contribution in [0.15, 0.2) is 18.2 Å². The minimum absolute atomic E-state index is 0.166. The average Bonchev–Trinajstić information content (AvgIpc) is 2.72. The van der Waals surface area contributed by atoms with Crippen molar-refractivity contribution in [3.8, 4) is 5.75 Å². The molecule has 3 aliphatic carbocycles. The molecule has 0 aromatic heterocycles. The Balaban J connectivity index is 1.65. The predicted octanol–water partition coefficient (Wildman–Crippen LogP) is 2.49. The summed E-state index contributed by atoms with van der Waals surface area (Å²) in [5.74, 6) is 1.07. The number of fused-ring (bicyclic) bond motifs is 5. The summed E-state index contributed by atoms with van der Waals surface area (Å²) >= 11 is 0. The molecule has 0 saturated heterocycles. The van der Waals surface area contributed by atoms with E-state index in [-0.39, 0.29) is 17.1 Å². The molecule has 132 valence electrons. The Hall–Kier alpha value is -1.11. The Kier molecular flexibility index (Phi) is 3.20. The van der Waals surface area contributed by atoms with Crippen LogP contribution in [0.3, 0.4) is 0 Å². The first kappa shape index (κ1) is 14.1. The van der Waals surface area contributed by atoms with Gasteiger partial charge in [0.05, 0.1) is 6.10 Å². The highest BCUT2D eigenvalue weighted by molar-refractivity contribution is 7.84. The van der Waals surface area contributed by atoms with Crippen LogP contribution in [0.1, 0.15) is 58.8 Å². The van der Waals surface area contributed by atoms with Crippen molar-refractivity contribution < 1.29 is 20.4 Å². The molecular formula is C18H25NO4S. The molecule has 0 radical (unpaired) electrons. The molecule has 1 unspecified atom stereocenters. The Morgan fingerprint density at radius 1 is 1.38 bits per heavy atom. The maximum absolute atomic E-state index is 11.1. The standard InChI is InChI=1S/C18H25NO4S/c1-18-9-8-14-13-5-3-12(23-24(19,21)22)10-11(13)2-4-15(14)16(18)6-7-17(18)20/h3,5,10,14-17,20H,2,4,6-9H2,1H3,(H2,19,21,22)/t14-,15-,16+,17?,18+/m1/s1/i7D2. The van der Waals surface area contributed by atoms with Crippen molar-refractivity contribution in [3.63, 3.8) is 0 Å². The minimum atomic E-state index is -4.04. The molecule has 2 fully saturated rings. The molecule has 3 N–H and O–H groups in total. The molecule has 0 spiro atoms. The molecule has 3 aliphatic rings. The fraction of sp³-hybridized carbons (Fsp3) is 0.667. The van der Waals surface area contributed by atoms with Gasteiger partial charge in [-0.15, -0.1) is 0 Å². The number of rotatable bonds is 2. The van der Waals surface area contributed by atoms with Crippen LogP contribution in [0.25, 0.3) is 0 Å². The Bertz CT molecular complexity index is 844. The van der Waals surface area contributed by atoms with E-state index in [1.165, 1.54) is 5.56 Å². The number of aliphatic hydroxyl groups excluding tert-OH is 1. The van der Waals surface area contributed by atoms with E-state index in [0.717, 1.165) is 31.2 Å². The summed E-state index contributed by atoms with van der Waals surface area (Å²) in [6.07, 6.45) is 1.40. The Morgan fingerprint density at radius 3 is 2.92 bits per heavy atom. The predicted molar refractivity (Wildman–Crippen MR) is 90.8 cm³/mol. The van der Waals surface area contributed by atoms with E-state index in [9.17, 15) is 13.5 Å². The van der Waals surface area contributed by atoms with Gasteiger partial charge in [-0.2, -0.15) is 13.6 Å². The van der Waals surface area contributed by atoms with Gasteiger partial charge in [-0.05, 0) is 84.9 Å². The van der Waals surface area contributed by atoms with E-state index in [4.69, 9.17) is 12.1 Å². The number of aliphatic hydroxyl groups is 1. The first-order valence-corrected chi connectivity index (χ1v) is 10.0. The number of hydrogen-bond donors (Lipinski definition) is 2. The fourth-order valence-corrected chi connectivity index (χ4v) is 5.66. The molecule has 0 aliphatic heterocycles. The summed E-state index contributed by atoms with van der Waals surface area (Å²) in [5, 5.41) is 15.5. The van der Waals surface area contributed by atoms with E-state index in [0.29, 0.717) is 18.3 Å². The summed E-state index contributed by atoms with van der Waals surface area (Å²) in [5.41, 5.74) is 1.92. The molecule has 4 rings (SSSR count). The fourth-order valence-electron chi connectivity index (χ4n) is 5.29. The van der Waals surface area contributed by atoms with Gasteiger partial charge in [0.2, 0.25) is 0 Å². The van der Waals surface area contributed by atoms with Crippen molar-refractivity contribution in [2.24, 2.45) is 22.4 Å². The normalized spacial score (nSPS) is 41.5. The quantitative estimate of drug-likeness (QED) is 0.855. The molecule has 0 heterocycles. The monoisotopic (exact) mass is 353 g/mol. The van der Waals surface area contributed by atoms with E-state index >= 15 is 0 Å². The second-order valence-corrected chi connectivity index (χ2v) is 8.86. The van der Waals surface area contributed by atoms with Gasteiger partial charge in [-0.3, -0.25) is 0 Å². The third-order valence-corrected chi connectivity index (χ3v) is 6.93. The molecule has 1 aromatic carbocycles. The number of aryl methyl sites for hydroxylation is 1. The van der Waals surface area contributed by atoms with Crippen LogP contribution in [-0.4, -0.2) is 19.6 Å². The van der Waals surface area contributed by atoms with Gasteiger partial charge in [0.15, 0.2) is 0 Å². The van der Waals surface area contributed by atoms with Crippen LogP contribution in [0.4, 0.5) is 0 Å². The lowest BCUT2D eigenvalue weighted by molar-refractivity contribution is -0.0226. The summed E-state index contributed by atoms with van der Waals surface area (Å²) in [7, 11) is -4.04. The maximum Gasteiger partial charge on any atom is 0.380 e. The van der Waals surface area contributed by atoms with Gasteiger partial charge < -0.3 is 9.29 Å². The zero-order valence-corrected chi connectivity index (χ0v) is 14.6. The number of hydrogen-bond acceptors (Lipinski definition) is 4. The molecule has 1 aromatic rings. The molecule has 5 nitrogen and oxygen atoms in total. The summed E-state index contributed by atoms with van der Waals surface area (Å²) in [4.78, 5) is 0. The van der Waals surface area contributed by atoms with Crippen LogP contribution in [0, 0.1) is 17.3 Å². The van der Waals surface area contributed by atoms with Gasteiger partial charge >= 0.3 is 10.3 Å². The molecule has 0 bridgehead atoms. The number of benzene rings is 1. The lowest BCUT2D eigenvalue weighted by Crippen LogP contribution is -2.43. The second-order valence-electron chi connectivity index (χ2n) is 7.71. The number of nitrogens with two attached hydrogens (primary N) is 1. The van der Waals surface area contributed by atoms with Crippen molar-refractivity contribution in [2.45, 2.75) is 57.4 Å². The topological polar surface area (TPSA) is 89.6 Å².